The lowest BCUT2D eigenvalue weighted by Crippen LogP contribution is -2.58. The number of halogens is 1. The normalized spacial score (nSPS) is 18.1. The van der Waals surface area contributed by atoms with Crippen LogP contribution in [0.5, 0.6) is 0 Å². The lowest BCUT2D eigenvalue weighted by atomic mass is 10.1. The molecule has 2 heterocycles. The summed E-state index contributed by atoms with van der Waals surface area (Å²) in [4.78, 5) is 28.0. The Labute approximate surface area is 145 Å². The molecule has 1 atom stereocenters. The number of piperazine rings is 1. The zero-order valence-electron chi connectivity index (χ0n) is 14.4. The van der Waals surface area contributed by atoms with Crippen LogP contribution in [0, 0.1) is 5.82 Å². The van der Waals surface area contributed by atoms with E-state index in [0.717, 1.165) is 12.0 Å². The highest BCUT2D eigenvalue weighted by atomic mass is 19.1. The van der Waals surface area contributed by atoms with Crippen LogP contribution in [-0.4, -0.2) is 50.5 Å². The van der Waals surface area contributed by atoms with E-state index < -0.39 is 6.04 Å². The maximum absolute atomic E-state index is 13.9. The van der Waals surface area contributed by atoms with Gasteiger partial charge in [-0.3, -0.25) is 9.59 Å². The van der Waals surface area contributed by atoms with Gasteiger partial charge < -0.3 is 9.80 Å². The first-order valence-corrected chi connectivity index (χ1v) is 8.38. The summed E-state index contributed by atoms with van der Waals surface area (Å²) in [5.41, 5.74) is 1.09. The van der Waals surface area contributed by atoms with Gasteiger partial charge in [-0.2, -0.15) is 5.10 Å². The van der Waals surface area contributed by atoms with Gasteiger partial charge in [0.25, 0.3) is 0 Å². The molecule has 1 fully saturated rings. The van der Waals surface area contributed by atoms with Gasteiger partial charge in [-0.15, -0.1) is 0 Å². The largest absolute Gasteiger partial charge is 0.332 e. The van der Waals surface area contributed by atoms with E-state index in [-0.39, 0.29) is 30.7 Å². The molecular formula is C18H21FN4O2. The fourth-order valence-corrected chi connectivity index (χ4v) is 3.04. The predicted molar refractivity (Wildman–Crippen MR) is 90.4 cm³/mol. The van der Waals surface area contributed by atoms with Crippen LogP contribution in [0.3, 0.4) is 0 Å². The van der Waals surface area contributed by atoms with E-state index in [1.807, 2.05) is 6.92 Å². The van der Waals surface area contributed by atoms with Gasteiger partial charge in [-0.25, -0.2) is 9.07 Å². The minimum atomic E-state index is -0.510. The van der Waals surface area contributed by atoms with E-state index in [2.05, 4.69) is 5.10 Å². The summed E-state index contributed by atoms with van der Waals surface area (Å²) in [7, 11) is 0. The summed E-state index contributed by atoms with van der Waals surface area (Å²) in [6, 6.07) is 5.84. The van der Waals surface area contributed by atoms with Crippen molar-refractivity contribution in [2.45, 2.75) is 32.9 Å². The topological polar surface area (TPSA) is 58.4 Å². The molecule has 0 spiro atoms. The molecule has 0 radical (unpaired) electrons. The number of nitrogens with zero attached hydrogens (tertiary/aromatic N) is 4. The molecule has 0 bridgehead atoms. The maximum atomic E-state index is 13.9. The Bertz CT molecular complexity index is 789. The number of amides is 2. The van der Waals surface area contributed by atoms with Crippen LogP contribution >= 0.6 is 0 Å². The van der Waals surface area contributed by atoms with E-state index in [0.29, 0.717) is 12.2 Å². The quantitative estimate of drug-likeness (QED) is 0.833. The maximum Gasteiger partial charge on any atom is 0.245 e. The molecule has 2 aromatic rings. The third kappa shape index (κ3) is 3.40. The van der Waals surface area contributed by atoms with Crippen LogP contribution in [0.15, 0.2) is 36.7 Å². The van der Waals surface area contributed by atoms with Crippen molar-refractivity contribution >= 4 is 11.8 Å². The highest BCUT2D eigenvalue weighted by Crippen LogP contribution is 2.18. The minimum Gasteiger partial charge on any atom is -0.332 e. The van der Waals surface area contributed by atoms with Gasteiger partial charge in [0, 0.05) is 24.8 Å². The Morgan fingerprint density at radius 1 is 1.28 bits per heavy atom. The molecule has 132 valence electrons. The van der Waals surface area contributed by atoms with Gasteiger partial charge in [0.15, 0.2) is 0 Å². The van der Waals surface area contributed by atoms with Gasteiger partial charge in [0.2, 0.25) is 11.8 Å². The van der Waals surface area contributed by atoms with Gasteiger partial charge in [0.05, 0.1) is 12.7 Å². The van der Waals surface area contributed by atoms with Crippen LogP contribution in [0.25, 0.3) is 5.69 Å². The Kier molecular flexibility index (Phi) is 4.83. The van der Waals surface area contributed by atoms with Crippen LogP contribution in [0.2, 0.25) is 0 Å². The number of benzene rings is 1. The van der Waals surface area contributed by atoms with Crippen molar-refractivity contribution in [3.63, 3.8) is 0 Å². The fourth-order valence-electron chi connectivity index (χ4n) is 3.04. The van der Waals surface area contributed by atoms with Crippen LogP contribution in [-0.2, 0) is 16.1 Å². The van der Waals surface area contributed by atoms with E-state index >= 15 is 0 Å². The van der Waals surface area contributed by atoms with Crippen molar-refractivity contribution in [2.24, 2.45) is 0 Å². The van der Waals surface area contributed by atoms with Gasteiger partial charge in [-0.05, 0) is 25.5 Å². The summed E-state index contributed by atoms with van der Waals surface area (Å²) in [6.07, 6.45) is 4.10. The summed E-state index contributed by atoms with van der Waals surface area (Å²) in [5, 5.41) is 4.17. The lowest BCUT2D eigenvalue weighted by Gasteiger charge is -2.38. The number of hydrogen-bond donors (Lipinski definition) is 0. The average molecular weight is 344 g/mol. The number of hydrogen-bond acceptors (Lipinski definition) is 3. The fraction of sp³-hybridized carbons (Fsp3) is 0.389. The summed E-state index contributed by atoms with van der Waals surface area (Å²) in [6.45, 7) is 4.70. The number of para-hydroxylation sites is 1. The number of carbonyl (C=O) groups excluding carboxylic acids is 2. The molecule has 1 saturated heterocycles. The Morgan fingerprint density at radius 2 is 2.04 bits per heavy atom. The highest BCUT2D eigenvalue weighted by molar-refractivity contribution is 5.94. The van der Waals surface area contributed by atoms with Gasteiger partial charge in [0.1, 0.15) is 17.5 Å². The second kappa shape index (κ2) is 7.04. The third-order valence-corrected chi connectivity index (χ3v) is 4.36. The molecule has 2 amide bonds. The molecule has 3 rings (SSSR count). The number of carbonyl (C=O) groups is 2. The van der Waals surface area contributed by atoms with E-state index in [1.54, 1.807) is 47.3 Å². The molecule has 1 aliphatic rings. The van der Waals surface area contributed by atoms with E-state index in [4.69, 9.17) is 0 Å². The molecule has 1 aromatic carbocycles. The van der Waals surface area contributed by atoms with Crippen molar-refractivity contribution in [1.29, 1.82) is 0 Å². The third-order valence-electron chi connectivity index (χ3n) is 4.36. The number of aromatic nitrogens is 2. The van der Waals surface area contributed by atoms with Crippen molar-refractivity contribution in [2.75, 3.05) is 13.1 Å². The summed E-state index contributed by atoms with van der Waals surface area (Å²) >= 11 is 0. The van der Waals surface area contributed by atoms with Crippen molar-refractivity contribution in [3.8, 4) is 5.69 Å². The Morgan fingerprint density at radius 3 is 2.76 bits per heavy atom. The number of rotatable bonds is 5. The highest BCUT2D eigenvalue weighted by Gasteiger charge is 2.36. The minimum absolute atomic E-state index is 0.0389. The van der Waals surface area contributed by atoms with Crippen molar-refractivity contribution in [1.82, 2.24) is 19.6 Å². The molecule has 0 saturated carbocycles. The lowest BCUT2D eigenvalue weighted by molar-refractivity contribution is -0.155. The Hall–Kier alpha value is -2.70. The summed E-state index contributed by atoms with van der Waals surface area (Å²) in [5.74, 6) is -0.493. The first-order valence-electron chi connectivity index (χ1n) is 8.38. The SMILES string of the molecule is CCCN1CC(=O)N(Cc2cnn(-c3ccccc3F)c2)[C@H](C)C1=O. The van der Waals surface area contributed by atoms with Crippen LogP contribution in [0.1, 0.15) is 25.8 Å². The molecule has 6 nitrogen and oxygen atoms in total. The van der Waals surface area contributed by atoms with Gasteiger partial charge in [-0.1, -0.05) is 19.1 Å². The first kappa shape index (κ1) is 17.1. The standard InChI is InChI=1S/C18H21FN4O2/c1-3-8-21-12-17(24)22(13(2)18(21)25)10-14-9-20-23(11-14)16-7-5-4-6-15(16)19/h4-7,9,11,13H,3,8,10,12H2,1-2H3/t13-/m1/s1. The molecule has 1 aromatic heterocycles. The van der Waals surface area contributed by atoms with Crippen LogP contribution < -0.4 is 0 Å². The predicted octanol–water partition coefficient (Wildman–Crippen LogP) is 1.98. The second-order valence-corrected chi connectivity index (χ2v) is 6.20. The van der Waals surface area contributed by atoms with Crippen molar-refractivity contribution in [3.05, 3.63) is 48.0 Å². The molecule has 25 heavy (non-hydrogen) atoms. The van der Waals surface area contributed by atoms with E-state index in [9.17, 15) is 14.0 Å². The molecule has 0 aliphatic carbocycles. The molecule has 1 aliphatic heterocycles. The zero-order chi connectivity index (χ0) is 18.0. The second-order valence-electron chi connectivity index (χ2n) is 6.20. The average Bonchev–Trinajstić information content (AvgIpc) is 3.05. The Balaban J connectivity index is 1.76. The molecular weight excluding hydrogens is 323 g/mol. The van der Waals surface area contributed by atoms with Crippen molar-refractivity contribution < 1.29 is 14.0 Å². The molecule has 0 N–H and O–H groups in total. The monoisotopic (exact) mass is 344 g/mol. The zero-order valence-corrected chi connectivity index (χ0v) is 14.4. The van der Waals surface area contributed by atoms with Gasteiger partial charge >= 0.3 is 0 Å². The first-order chi connectivity index (χ1) is 12.0. The molecule has 0 unspecified atom stereocenters. The summed E-state index contributed by atoms with van der Waals surface area (Å²) < 4.78 is 15.3. The molecule has 7 heteroatoms. The smallest absolute Gasteiger partial charge is 0.245 e. The van der Waals surface area contributed by atoms with Crippen LogP contribution in [0.4, 0.5) is 4.39 Å². The van der Waals surface area contributed by atoms with E-state index in [1.165, 1.54) is 10.7 Å².